The lowest BCUT2D eigenvalue weighted by atomic mass is 10.1. The minimum Gasteiger partial charge on any atom is -0.409 e. The summed E-state index contributed by atoms with van der Waals surface area (Å²) in [6.45, 7) is 6.69. The molecule has 0 radical (unpaired) electrons. The first kappa shape index (κ1) is 12.4. The van der Waals surface area contributed by atoms with Crippen molar-refractivity contribution in [3.63, 3.8) is 0 Å². The van der Waals surface area contributed by atoms with E-state index in [1.807, 2.05) is 13.0 Å². The monoisotopic (exact) mass is 221 g/mol. The van der Waals surface area contributed by atoms with Gasteiger partial charge in [-0.2, -0.15) is 0 Å². The molecule has 1 rings (SSSR count). The van der Waals surface area contributed by atoms with Crippen LogP contribution in [0.2, 0.25) is 0 Å². The fraction of sp³-hybridized carbons (Fsp3) is 0.417. The molecule has 0 saturated heterocycles. The van der Waals surface area contributed by atoms with Crippen molar-refractivity contribution in [3.05, 3.63) is 29.3 Å². The first-order chi connectivity index (χ1) is 7.54. The highest BCUT2D eigenvalue weighted by Gasteiger charge is 2.07. The Morgan fingerprint density at radius 2 is 2.19 bits per heavy atom. The molecule has 88 valence electrons. The summed E-state index contributed by atoms with van der Waals surface area (Å²) >= 11 is 0. The SMILES string of the molecule is Cc1ccc(NCC(C)C(N)=NO)c(C)c1. The van der Waals surface area contributed by atoms with E-state index >= 15 is 0 Å². The molecular formula is C12H19N3O. The highest BCUT2D eigenvalue weighted by Crippen LogP contribution is 2.16. The third-order valence-electron chi connectivity index (χ3n) is 2.60. The van der Waals surface area contributed by atoms with Gasteiger partial charge in [-0.05, 0) is 25.5 Å². The maximum Gasteiger partial charge on any atom is 0.143 e. The lowest BCUT2D eigenvalue weighted by molar-refractivity contribution is 0.315. The molecule has 0 saturated carbocycles. The van der Waals surface area contributed by atoms with E-state index in [0.717, 1.165) is 5.69 Å². The van der Waals surface area contributed by atoms with Crippen molar-refractivity contribution >= 4 is 11.5 Å². The van der Waals surface area contributed by atoms with Gasteiger partial charge in [0.2, 0.25) is 0 Å². The molecule has 0 fully saturated rings. The van der Waals surface area contributed by atoms with Crippen LogP contribution in [-0.2, 0) is 0 Å². The van der Waals surface area contributed by atoms with Crippen molar-refractivity contribution in [3.8, 4) is 0 Å². The first-order valence-corrected chi connectivity index (χ1v) is 5.33. The Kier molecular flexibility index (Phi) is 4.17. The van der Waals surface area contributed by atoms with Crippen LogP contribution in [0.1, 0.15) is 18.1 Å². The number of oxime groups is 1. The fourth-order valence-corrected chi connectivity index (χ4v) is 1.48. The van der Waals surface area contributed by atoms with Crippen molar-refractivity contribution in [2.45, 2.75) is 20.8 Å². The maximum atomic E-state index is 8.53. The molecule has 0 heterocycles. The van der Waals surface area contributed by atoms with Crippen molar-refractivity contribution in [1.29, 1.82) is 0 Å². The van der Waals surface area contributed by atoms with Crippen LogP contribution in [0.5, 0.6) is 0 Å². The smallest absolute Gasteiger partial charge is 0.143 e. The zero-order valence-electron chi connectivity index (χ0n) is 9.99. The van der Waals surface area contributed by atoms with Gasteiger partial charge in [-0.1, -0.05) is 29.8 Å². The highest BCUT2D eigenvalue weighted by molar-refractivity contribution is 5.82. The molecule has 4 N–H and O–H groups in total. The van der Waals surface area contributed by atoms with Crippen LogP contribution >= 0.6 is 0 Å². The predicted octanol–water partition coefficient (Wildman–Crippen LogP) is 2.10. The van der Waals surface area contributed by atoms with Gasteiger partial charge >= 0.3 is 0 Å². The van der Waals surface area contributed by atoms with Gasteiger partial charge in [0.25, 0.3) is 0 Å². The Balaban J connectivity index is 2.61. The lowest BCUT2D eigenvalue weighted by Crippen LogP contribution is -2.27. The van der Waals surface area contributed by atoms with E-state index in [0.29, 0.717) is 6.54 Å². The van der Waals surface area contributed by atoms with E-state index in [2.05, 4.69) is 36.5 Å². The number of nitrogens with one attached hydrogen (secondary N) is 1. The topological polar surface area (TPSA) is 70.6 Å². The molecule has 1 aromatic rings. The standard InChI is InChI=1S/C12H19N3O/c1-8-4-5-11(9(2)6-8)14-7-10(3)12(13)15-16/h4-6,10,14,16H,7H2,1-3H3,(H2,13,15). The van der Waals surface area contributed by atoms with Crippen molar-refractivity contribution in [1.82, 2.24) is 0 Å². The van der Waals surface area contributed by atoms with E-state index < -0.39 is 0 Å². The summed E-state index contributed by atoms with van der Waals surface area (Å²) in [7, 11) is 0. The average molecular weight is 221 g/mol. The van der Waals surface area contributed by atoms with Crippen LogP contribution in [0.4, 0.5) is 5.69 Å². The molecule has 16 heavy (non-hydrogen) atoms. The van der Waals surface area contributed by atoms with Gasteiger partial charge < -0.3 is 16.3 Å². The lowest BCUT2D eigenvalue weighted by Gasteiger charge is -2.14. The molecule has 0 spiro atoms. The Bertz CT molecular complexity index is 388. The molecule has 1 atom stereocenters. The molecule has 0 aliphatic rings. The number of benzene rings is 1. The number of nitrogens with zero attached hydrogens (tertiary/aromatic N) is 1. The molecule has 4 heteroatoms. The molecule has 0 aromatic heterocycles. The average Bonchev–Trinajstić information content (AvgIpc) is 2.26. The second-order valence-electron chi connectivity index (χ2n) is 4.13. The van der Waals surface area contributed by atoms with Gasteiger partial charge in [0.15, 0.2) is 0 Å². The number of amidine groups is 1. The largest absolute Gasteiger partial charge is 0.409 e. The van der Waals surface area contributed by atoms with Crippen LogP contribution in [0.3, 0.4) is 0 Å². The zero-order valence-corrected chi connectivity index (χ0v) is 9.99. The molecule has 0 aliphatic carbocycles. The molecule has 0 amide bonds. The summed E-state index contributed by atoms with van der Waals surface area (Å²) in [6.07, 6.45) is 0. The van der Waals surface area contributed by atoms with Crippen LogP contribution in [-0.4, -0.2) is 17.6 Å². The summed E-state index contributed by atoms with van der Waals surface area (Å²) in [5, 5.41) is 14.8. The summed E-state index contributed by atoms with van der Waals surface area (Å²) in [5.41, 5.74) is 9.03. The number of rotatable bonds is 4. The quantitative estimate of drug-likeness (QED) is 0.315. The fourth-order valence-electron chi connectivity index (χ4n) is 1.48. The van der Waals surface area contributed by atoms with E-state index in [9.17, 15) is 0 Å². The maximum absolute atomic E-state index is 8.53. The molecular weight excluding hydrogens is 202 g/mol. The van der Waals surface area contributed by atoms with Gasteiger partial charge in [0.05, 0.1) is 0 Å². The molecule has 1 unspecified atom stereocenters. The van der Waals surface area contributed by atoms with Crippen molar-refractivity contribution in [2.24, 2.45) is 16.8 Å². The predicted molar refractivity (Wildman–Crippen MR) is 67.0 cm³/mol. The zero-order chi connectivity index (χ0) is 12.1. The molecule has 0 bridgehead atoms. The summed E-state index contributed by atoms with van der Waals surface area (Å²) in [6, 6.07) is 6.23. The molecule has 0 aliphatic heterocycles. The Labute approximate surface area is 96.2 Å². The summed E-state index contributed by atoms with van der Waals surface area (Å²) in [4.78, 5) is 0. The molecule has 4 nitrogen and oxygen atoms in total. The first-order valence-electron chi connectivity index (χ1n) is 5.33. The van der Waals surface area contributed by atoms with Crippen LogP contribution in [0.15, 0.2) is 23.4 Å². The Morgan fingerprint density at radius 1 is 1.50 bits per heavy atom. The van der Waals surface area contributed by atoms with Crippen molar-refractivity contribution < 1.29 is 5.21 Å². The number of aryl methyl sites for hydroxylation is 2. The summed E-state index contributed by atoms with van der Waals surface area (Å²) < 4.78 is 0. The third-order valence-corrected chi connectivity index (χ3v) is 2.60. The van der Waals surface area contributed by atoms with Crippen LogP contribution in [0, 0.1) is 19.8 Å². The molecule has 1 aromatic carbocycles. The van der Waals surface area contributed by atoms with Gasteiger partial charge in [-0.3, -0.25) is 0 Å². The second-order valence-corrected chi connectivity index (χ2v) is 4.13. The Morgan fingerprint density at radius 3 is 2.75 bits per heavy atom. The number of hydrogen-bond acceptors (Lipinski definition) is 3. The number of nitrogens with two attached hydrogens (primary N) is 1. The van der Waals surface area contributed by atoms with Gasteiger partial charge in [0, 0.05) is 18.2 Å². The van der Waals surface area contributed by atoms with Gasteiger partial charge in [-0.25, -0.2) is 0 Å². The highest BCUT2D eigenvalue weighted by atomic mass is 16.4. The second kappa shape index (κ2) is 5.39. The minimum atomic E-state index is 0.00528. The minimum absolute atomic E-state index is 0.00528. The normalized spacial score (nSPS) is 13.6. The van der Waals surface area contributed by atoms with Crippen LogP contribution in [0.25, 0.3) is 0 Å². The van der Waals surface area contributed by atoms with E-state index in [1.54, 1.807) is 0 Å². The van der Waals surface area contributed by atoms with Crippen molar-refractivity contribution in [2.75, 3.05) is 11.9 Å². The van der Waals surface area contributed by atoms with Gasteiger partial charge in [0.1, 0.15) is 5.84 Å². The van der Waals surface area contributed by atoms with Gasteiger partial charge in [-0.15, -0.1) is 0 Å². The van der Waals surface area contributed by atoms with E-state index in [-0.39, 0.29) is 11.8 Å². The van der Waals surface area contributed by atoms with Crippen LogP contribution < -0.4 is 11.1 Å². The number of anilines is 1. The van der Waals surface area contributed by atoms with E-state index in [4.69, 9.17) is 10.9 Å². The third kappa shape index (κ3) is 3.15. The Hall–Kier alpha value is -1.71. The summed E-state index contributed by atoms with van der Waals surface area (Å²) in [5.74, 6) is 0.253. The van der Waals surface area contributed by atoms with E-state index in [1.165, 1.54) is 11.1 Å². The number of hydrogen-bond donors (Lipinski definition) is 3.